The number of hydrogen-bond donors (Lipinski definition) is 0. The molecule has 0 aliphatic carbocycles. The van der Waals surface area contributed by atoms with Crippen LogP contribution in [0.25, 0.3) is 0 Å². The van der Waals surface area contributed by atoms with Crippen LogP contribution >= 0.6 is 0 Å². The van der Waals surface area contributed by atoms with Crippen molar-refractivity contribution in [3.05, 3.63) is 35.9 Å². The minimum absolute atomic E-state index is 0.0657. The number of amides is 3. The molecule has 3 rings (SSSR count). The Morgan fingerprint density at radius 3 is 2.45 bits per heavy atom. The summed E-state index contributed by atoms with van der Waals surface area (Å²) in [5.74, 6) is -0.503. The third kappa shape index (κ3) is 2.49. The number of carbonyl (C=O) groups is 2. The summed E-state index contributed by atoms with van der Waals surface area (Å²) in [5.41, 5.74) is 0.921. The highest BCUT2D eigenvalue weighted by atomic mass is 32.2. The van der Waals surface area contributed by atoms with Crippen LogP contribution in [0.3, 0.4) is 0 Å². The van der Waals surface area contributed by atoms with Crippen molar-refractivity contribution in [3.63, 3.8) is 0 Å². The molecule has 0 N–H and O–H groups in total. The van der Waals surface area contributed by atoms with Crippen LogP contribution in [-0.2, 0) is 21.2 Å². The van der Waals surface area contributed by atoms with Crippen molar-refractivity contribution < 1.29 is 18.0 Å². The fourth-order valence-electron chi connectivity index (χ4n) is 3.20. The molecule has 2 heterocycles. The molecule has 2 fully saturated rings. The van der Waals surface area contributed by atoms with E-state index in [2.05, 4.69) is 0 Å². The molecule has 1 aromatic rings. The Labute approximate surface area is 129 Å². The van der Waals surface area contributed by atoms with Gasteiger partial charge in [0, 0.05) is 13.0 Å². The first-order valence-electron chi connectivity index (χ1n) is 7.30. The molecule has 7 heteroatoms. The summed E-state index contributed by atoms with van der Waals surface area (Å²) in [6.07, 6.45) is 0.189. The highest BCUT2D eigenvalue weighted by Crippen LogP contribution is 2.32. The number of sulfone groups is 1. The molecule has 2 aliphatic rings. The number of hydrogen-bond acceptors (Lipinski definition) is 4. The van der Waals surface area contributed by atoms with Gasteiger partial charge in [0.05, 0.1) is 23.6 Å². The zero-order valence-corrected chi connectivity index (χ0v) is 13.1. The minimum atomic E-state index is -3.22. The number of benzene rings is 1. The highest BCUT2D eigenvalue weighted by Gasteiger charge is 2.54. The van der Waals surface area contributed by atoms with Gasteiger partial charge in [-0.15, -0.1) is 0 Å². The molecule has 6 nitrogen and oxygen atoms in total. The van der Waals surface area contributed by atoms with Crippen LogP contribution in [0.2, 0.25) is 0 Å². The number of rotatable bonds is 3. The molecule has 2 atom stereocenters. The predicted molar refractivity (Wildman–Crippen MR) is 80.7 cm³/mol. The molecular formula is C15H18N2O4S. The van der Waals surface area contributed by atoms with Gasteiger partial charge in [-0.1, -0.05) is 37.3 Å². The first-order chi connectivity index (χ1) is 10.4. The Morgan fingerprint density at radius 1 is 1.18 bits per heavy atom. The van der Waals surface area contributed by atoms with Gasteiger partial charge in [0.25, 0.3) is 0 Å². The van der Waals surface area contributed by atoms with Crippen LogP contribution in [0.1, 0.15) is 18.9 Å². The van der Waals surface area contributed by atoms with Crippen LogP contribution in [0.4, 0.5) is 4.79 Å². The van der Waals surface area contributed by atoms with Gasteiger partial charge in [0.1, 0.15) is 0 Å². The maximum Gasteiger partial charge on any atom is 0.327 e. The largest absolute Gasteiger partial charge is 0.327 e. The molecule has 0 aromatic heterocycles. The van der Waals surface area contributed by atoms with Crippen LogP contribution < -0.4 is 0 Å². The van der Waals surface area contributed by atoms with E-state index in [0.717, 1.165) is 10.5 Å². The van der Waals surface area contributed by atoms with Crippen LogP contribution in [-0.4, -0.2) is 53.7 Å². The van der Waals surface area contributed by atoms with Crippen LogP contribution in [0.5, 0.6) is 0 Å². The second-order valence-electron chi connectivity index (χ2n) is 5.72. The quantitative estimate of drug-likeness (QED) is 0.779. The Kier molecular flexibility index (Phi) is 3.68. The first-order valence-corrected chi connectivity index (χ1v) is 9.12. The van der Waals surface area contributed by atoms with Crippen molar-refractivity contribution in [2.75, 3.05) is 11.5 Å². The van der Waals surface area contributed by atoms with Gasteiger partial charge in [-0.05, 0) is 5.56 Å². The van der Waals surface area contributed by atoms with E-state index in [-0.39, 0.29) is 29.9 Å². The third-order valence-corrected chi connectivity index (χ3v) is 5.94. The number of carbonyl (C=O) groups excluding carboxylic acids is 2. The summed E-state index contributed by atoms with van der Waals surface area (Å²) in [5, 5.41) is 0. The van der Waals surface area contributed by atoms with Gasteiger partial charge in [-0.2, -0.15) is 0 Å². The van der Waals surface area contributed by atoms with Crippen molar-refractivity contribution in [2.24, 2.45) is 0 Å². The van der Waals surface area contributed by atoms with E-state index in [9.17, 15) is 18.0 Å². The summed E-state index contributed by atoms with van der Waals surface area (Å²) in [4.78, 5) is 27.3. The van der Waals surface area contributed by atoms with E-state index in [4.69, 9.17) is 0 Å². The molecule has 0 bridgehead atoms. The Hall–Kier alpha value is -1.89. The second kappa shape index (κ2) is 5.39. The third-order valence-electron chi connectivity index (χ3n) is 4.24. The molecule has 2 aliphatic heterocycles. The van der Waals surface area contributed by atoms with Crippen molar-refractivity contribution in [3.8, 4) is 0 Å². The highest BCUT2D eigenvalue weighted by molar-refractivity contribution is 7.91. The average molecular weight is 322 g/mol. The number of nitrogens with zero attached hydrogens (tertiary/aromatic N) is 2. The molecule has 3 amide bonds. The SMILES string of the molecule is CCC(=O)N1C(=O)N(Cc2ccccc2)[C@H]2CS(=O)(=O)C[C@H]21. The van der Waals surface area contributed by atoms with Gasteiger partial charge in [0.2, 0.25) is 5.91 Å². The Morgan fingerprint density at radius 2 is 1.82 bits per heavy atom. The zero-order chi connectivity index (χ0) is 15.9. The van der Waals surface area contributed by atoms with Crippen molar-refractivity contribution in [1.82, 2.24) is 9.80 Å². The standard InChI is InChI=1S/C15H18N2O4S/c1-2-14(18)17-13-10-22(20,21)9-12(13)16(15(17)19)8-11-6-4-3-5-7-11/h3-7,12-13H,2,8-10H2,1H3/t12-,13+/m0/s1. The molecule has 0 saturated carbocycles. The summed E-state index contributed by atoms with van der Waals surface area (Å²) in [7, 11) is -3.22. The second-order valence-corrected chi connectivity index (χ2v) is 7.88. The molecule has 0 spiro atoms. The van der Waals surface area contributed by atoms with Crippen LogP contribution in [0, 0.1) is 0 Å². The van der Waals surface area contributed by atoms with E-state index in [1.807, 2.05) is 30.3 Å². The van der Waals surface area contributed by atoms with Gasteiger partial charge in [-0.25, -0.2) is 13.2 Å². The summed E-state index contributed by atoms with van der Waals surface area (Å²) in [6.45, 7) is 2.00. The molecule has 1 aromatic carbocycles. The summed E-state index contributed by atoms with van der Waals surface area (Å²) in [6, 6.07) is 8.03. The van der Waals surface area contributed by atoms with Crippen molar-refractivity contribution in [1.29, 1.82) is 0 Å². The lowest BCUT2D eigenvalue weighted by Crippen LogP contribution is -2.41. The Bertz CT molecular complexity index is 702. The lowest BCUT2D eigenvalue weighted by atomic mass is 10.1. The summed E-state index contributed by atoms with van der Waals surface area (Å²) >= 11 is 0. The molecule has 0 radical (unpaired) electrons. The van der Waals surface area contributed by atoms with E-state index < -0.39 is 21.9 Å². The molecule has 118 valence electrons. The monoisotopic (exact) mass is 322 g/mol. The number of imide groups is 1. The maximum atomic E-state index is 12.6. The van der Waals surface area contributed by atoms with E-state index >= 15 is 0 Å². The number of urea groups is 1. The first kappa shape index (κ1) is 15.0. The van der Waals surface area contributed by atoms with Gasteiger partial charge < -0.3 is 4.90 Å². The van der Waals surface area contributed by atoms with Gasteiger partial charge >= 0.3 is 6.03 Å². The van der Waals surface area contributed by atoms with E-state index in [0.29, 0.717) is 6.54 Å². The maximum absolute atomic E-state index is 12.6. The van der Waals surface area contributed by atoms with Crippen molar-refractivity contribution >= 4 is 21.8 Å². The zero-order valence-electron chi connectivity index (χ0n) is 12.3. The van der Waals surface area contributed by atoms with Crippen molar-refractivity contribution in [2.45, 2.75) is 32.0 Å². The lowest BCUT2D eigenvalue weighted by molar-refractivity contribution is -0.128. The topological polar surface area (TPSA) is 74.8 Å². The van der Waals surface area contributed by atoms with E-state index in [1.165, 1.54) is 4.90 Å². The molecular weight excluding hydrogens is 304 g/mol. The normalized spacial score (nSPS) is 26.3. The smallest absolute Gasteiger partial charge is 0.314 e. The number of fused-ring (bicyclic) bond motifs is 1. The minimum Gasteiger partial charge on any atom is -0.314 e. The van der Waals surface area contributed by atoms with Crippen LogP contribution in [0.15, 0.2) is 30.3 Å². The molecule has 2 saturated heterocycles. The fourth-order valence-corrected chi connectivity index (χ4v) is 5.15. The van der Waals surface area contributed by atoms with Gasteiger partial charge in [0.15, 0.2) is 9.84 Å². The van der Waals surface area contributed by atoms with Gasteiger partial charge in [-0.3, -0.25) is 9.69 Å². The lowest BCUT2D eigenvalue weighted by Gasteiger charge is -2.21. The summed E-state index contributed by atoms with van der Waals surface area (Å²) < 4.78 is 23.9. The Balaban J connectivity index is 1.92. The van der Waals surface area contributed by atoms with E-state index in [1.54, 1.807) is 6.92 Å². The predicted octanol–water partition coefficient (Wildman–Crippen LogP) is 1.03. The molecule has 0 unspecified atom stereocenters. The average Bonchev–Trinajstić information content (AvgIpc) is 2.91. The molecule has 22 heavy (non-hydrogen) atoms. The fraction of sp³-hybridized carbons (Fsp3) is 0.467.